The number of aryl methyl sites for hydroxylation is 1. The summed E-state index contributed by atoms with van der Waals surface area (Å²) in [6.45, 7) is 4.07. The molecule has 0 spiro atoms. The first-order valence-electron chi connectivity index (χ1n) is 11.0. The van der Waals surface area contributed by atoms with Crippen molar-refractivity contribution < 1.29 is 17.4 Å². The van der Waals surface area contributed by atoms with Gasteiger partial charge in [0.2, 0.25) is 0 Å². The molecule has 170 valence electrons. The number of halogens is 1. The van der Waals surface area contributed by atoms with Crippen molar-refractivity contribution in [1.82, 2.24) is 0 Å². The summed E-state index contributed by atoms with van der Waals surface area (Å²) >= 11 is 3.00. The summed E-state index contributed by atoms with van der Waals surface area (Å²) in [5.74, 6) is 0.367. The van der Waals surface area contributed by atoms with E-state index < -0.39 is 5.97 Å². The molecule has 1 atom stereocenters. The lowest BCUT2D eigenvalue weighted by atomic mass is 9.80. The number of hydrogen-bond donors (Lipinski definition) is 1. The van der Waals surface area contributed by atoms with Crippen LogP contribution in [-0.4, -0.2) is 17.5 Å². The van der Waals surface area contributed by atoms with E-state index in [2.05, 4.69) is 29.6 Å². The Kier molecular flexibility index (Phi) is 5.95. The Bertz CT molecular complexity index is 1250. The van der Waals surface area contributed by atoms with Crippen molar-refractivity contribution in [2.24, 2.45) is 0 Å². The molecule has 1 unspecified atom stereocenters. The van der Waals surface area contributed by atoms with Gasteiger partial charge in [0, 0.05) is 12.0 Å². The van der Waals surface area contributed by atoms with Crippen LogP contribution in [0, 0.1) is 0 Å². The molecular weight excluding hydrogens is 549 g/mol. The minimum atomic E-state index is -0.426. The number of ether oxygens (including phenoxy) is 1. The van der Waals surface area contributed by atoms with Crippen LogP contribution in [0.25, 0.3) is 0 Å². The molecule has 3 aromatic rings. The van der Waals surface area contributed by atoms with Crippen LogP contribution in [-0.2, 0) is 22.3 Å². The third-order valence-corrected chi connectivity index (χ3v) is 7.75. The maximum absolute atomic E-state index is 13.1. The van der Waals surface area contributed by atoms with Gasteiger partial charge < -0.3 is 13.1 Å². The zero-order chi connectivity index (χ0) is 23.2. The molecule has 5 rings (SSSR count). The monoisotopic (exact) mass is 573 g/mol. The van der Waals surface area contributed by atoms with Crippen LogP contribution in [0.4, 0.5) is 5.00 Å². The van der Waals surface area contributed by atoms with Crippen molar-refractivity contribution in [3.63, 3.8) is 0 Å². The van der Waals surface area contributed by atoms with Crippen molar-refractivity contribution >= 4 is 51.2 Å². The van der Waals surface area contributed by atoms with Gasteiger partial charge in [0.1, 0.15) is 16.4 Å². The number of amides is 1. The maximum Gasteiger partial charge on any atom is 0.350 e. The number of hydrogen-bond acceptors (Lipinski definition) is 5. The predicted molar refractivity (Wildman–Crippen MR) is 138 cm³/mol. The molecule has 0 bridgehead atoms. The lowest BCUT2D eigenvalue weighted by molar-refractivity contribution is 0.0800. The Balaban J connectivity index is 1.41. The van der Waals surface area contributed by atoms with Gasteiger partial charge in [-0.2, -0.15) is 0 Å². The van der Waals surface area contributed by atoms with Crippen LogP contribution in [0.3, 0.4) is 0 Å². The van der Waals surface area contributed by atoms with Gasteiger partial charge in [0.15, 0.2) is 23.0 Å². The van der Waals surface area contributed by atoms with Crippen LogP contribution >= 0.6 is 34.3 Å². The second-order valence-electron chi connectivity index (χ2n) is 9.28. The van der Waals surface area contributed by atoms with Gasteiger partial charge in [-0.15, -0.1) is 11.3 Å². The summed E-state index contributed by atoms with van der Waals surface area (Å²) in [5, 5.41) is 5.50. The van der Waals surface area contributed by atoms with Crippen LogP contribution < -0.4 is 10.1 Å². The van der Waals surface area contributed by atoms with Gasteiger partial charge in [-0.1, -0.05) is 24.3 Å². The highest BCUT2D eigenvalue weighted by atomic mass is 127. The van der Waals surface area contributed by atoms with Crippen molar-refractivity contribution in [3.05, 3.63) is 81.2 Å². The molecule has 0 radical (unpaired) electrons. The first-order valence-corrected chi connectivity index (χ1v) is 12.7. The summed E-state index contributed by atoms with van der Waals surface area (Å²) in [5.41, 5.74) is 5.42. The molecule has 0 saturated carbocycles. The van der Waals surface area contributed by atoms with Gasteiger partial charge in [-0.05, 0) is 84.9 Å². The van der Waals surface area contributed by atoms with Crippen LogP contribution in [0.1, 0.15) is 69.2 Å². The number of rotatable bonds is 4. The Morgan fingerprint density at radius 2 is 1.94 bits per heavy atom. The highest BCUT2D eigenvalue weighted by molar-refractivity contribution is 14.1. The lowest BCUT2D eigenvalue weighted by Gasteiger charge is -2.25. The molecule has 2 heterocycles. The Hall–Kier alpha value is -2.39. The zero-order valence-electron chi connectivity index (χ0n) is 18.4. The van der Waals surface area contributed by atoms with Crippen molar-refractivity contribution in [3.8, 4) is 5.75 Å². The van der Waals surface area contributed by atoms with E-state index in [-0.39, 0.29) is 17.4 Å². The number of carbonyl (C=O) groups is 2. The molecule has 0 fully saturated rings. The quantitative estimate of drug-likeness (QED) is 0.363. The standard InChI is InChI=1S/C26H24INO4S/c1-26(2)13-19-12-18(9-10-21(19)31-26)23(29)28-24-22(25(30)32-27)20(14-33-24)17-8-7-15-5-3-4-6-16(15)11-17/h3-6,9-10,12,14,17H,7-8,11,13H2,1-2H3,(H,28,29). The predicted octanol–water partition coefficient (Wildman–Crippen LogP) is 6.49. The average molecular weight is 573 g/mol. The molecule has 33 heavy (non-hydrogen) atoms. The van der Waals surface area contributed by atoms with Crippen molar-refractivity contribution in [2.45, 2.75) is 51.0 Å². The fourth-order valence-corrected chi connectivity index (χ4v) is 6.15. The van der Waals surface area contributed by atoms with Gasteiger partial charge in [0.05, 0.1) is 5.56 Å². The number of nitrogens with one attached hydrogen (secondary N) is 1. The second kappa shape index (κ2) is 8.76. The molecule has 5 nitrogen and oxygen atoms in total. The molecule has 2 aromatic carbocycles. The zero-order valence-corrected chi connectivity index (χ0v) is 21.4. The molecule has 1 aliphatic heterocycles. The Morgan fingerprint density at radius 1 is 1.15 bits per heavy atom. The topological polar surface area (TPSA) is 64.6 Å². The van der Waals surface area contributed by atoms with Gasteiger partial charge in [-0.25, -0.2) is 4.79 Å². The summed E-state index contributed by atoms with van der Waals surface area (Å²) in [6, 6.07) is 13.9. The third-order valence-electron chi connectivity index (χ3n) is 6.43. The van der Waals surface area contributed by atoms with Crippen LogP contribution in [0.5, 0.6) is 5.75 Å². The highest BCUT2D eigenvalue weighted by Crippen LogP contribution is 2.41. The number of thiophene rings is 1. The largest absolute Gasteiger partial charge is 0.487 e. The fraction of sp³-hybridized carbons (Fsp3) is 0.308. The van der Waals surface area contributed by atoms with E-state index in [1.54, 1.807) is 29.1 Å². The van der Waals surface area contributed by atoms with E-state index in [1.165, 1.54) is 22.5 Å². The molecule has 1 aliphatic carbocycles. The molecule has 7 heteroatoms. The summed E-state index contributed by atoms with van der Waals surface area (Å²) in [6.07, 6.45) is 3.57. The van der Waals surface area contributed by atoms with Crippen molar-refractivity contribution in [2.75, 3.05) is 5.32 Å². The van der Waals surface area contributed by atoms with Crippen LogP contribution in [0.2, 0.25) is 0 Å². The first-order chi connectivity index (χ1) is 15.8. The van der Waals surface area contributed by atoms with Gasteiger partial charge in [0.25, 0.3) is 5.91 Å². The molecule has 0 saturated heterocycles. The minimum Gasteiger partial charge on any atom is -0.487 e. The number of anilines is 1. The van der Waals surface area contributed by atoms with Gasteiger partial charge >= 0.3 is 5.97 Å². The van der Waals surface area contributed by atoms with Crippen LogP contribution in [0.15, 0.2) is 47.8 Å². The van der Waals surface area contributed by atoms with E-state index in [9.17, 15) is 9.59 Å². The highest BCUT2D eigenvalue weighted by Gasteiger charge is 2.32. The van der Waals surface area contributed by atoms with Gasteiger partial charge in [-0.3, -0.25) is 4.79 Å². The molecule has 1 aromatic heterocycles. The molecule has 1 amide bonds. The Labute approximate surface area is 211 Å². The SMILES string of the molecule is CC1(C)Cc2cc(C(=O)Nc3scc(C4CCc5ccccc5C4)c3C(=O)OI)ccc2O1. The van der Waals surface area contributed by atoms with Crippen molar-refractivity contribution in [1.29, 1.82) is 0 Å². The molecule has 1 N–H and O–H groups in total. The summed E-state index contributed by atoms with van der Waals surface area (Å²) in [7, 11) is 0. The Morgan fingerprint density at radius 3 is 2.73 bits per heavy atom. The van der Waals surface area contributed by atoms with E-state index in [4.69, 9.17) is 7.80 Å². The minimum absolute atomic E-state index is 0.215. The van der Waals surface area contributed by atoms with E-state index >= 15 is 0 Å². The lowest BCUT2D eigenvalue weighted by Crippen LogP contribution is -2.24. The third kappa shape index (κ3) is 4.40. The first kappa shape index (κ1) is 22.4. The number of benzene rings is 2. The summed E-state index contributed by atoms with van der Waals surface area (Å²) in [4.78, 5) is 25.8. The molecular formula is C26H24INO4S. The fourth-order valence-electron chi connectivity index (χ4n) is 4.90. The van der Waals surface area contributed by atoms with E-state index in [0.29, 0.717) is 16.1 Å². The summed E-state index contributed by atoms with van der Waals surface area (Å²) < 4.78 is 11.0. The second-order valence-corrected chi connectivity index (χ2v) is 10.6. The molecule has 2 aliphatic rings. The average Bonchev–Trinajstić information content (AvgIpc) is 3.36. The smallest absolute Gasteiger partial charge is 0.350 e. The normalized spacial score (nSPS) is 18.1. The van der Waals surface area contributed by atoms with E-state index in [1.807, 2.05) is 31.4 Å². The maximum atomic E-state index is 13.1. The number of carbonyl (C=O) groups excluding carboxylic acids is 2. The van der Waals surface area contributed by atoms with E-state index in [0.717, 1.165) is 42.6 Å². The number of fused-ring (bicyclic) bond motifs is 2.